The summed E-state index contributed by atoms with van der Waals surface area (Å²) in [4.78, 5) is 2.20. The average Bonchev–Trinajstić information content (AvgIpc) is 3.25. The van der Waals surface area contributed by atoms with E-state index in [1.54, 1.807) is 6.07 Å². The topological polar surface area (TPSA) is 15.3 Å². The Balaban J connectivity index is 1.66. The lowest BCUT2D eigenvalue weighted by Gasteiger charge is -2.25. The van der Waals surface area contributed by atoms with E-state index in [9.17, 15) is 4.39 Å². The predicted octanol–water partition coefficient (Wildman–Crippen LogP) is 3.80. The van der Waals surface area contributed by atoms with Gasteiger partial charge in [0.2, 0.25) is 0 Å². The Morgan fingerprint density at radius 1 is 1.33 bits per heavy atom. The standard InChI is InChI=1S/C17H25FN2S/c1-17(2)7-8-20(9-10-21-17)16-6-3-13(11-15(16)18)12-19-14-4-5-14/h3,6,11,14,19H,4-5,7-10,12H2,1-2H3. The summed E-state index contributed by atoms with van der Waals surface area (Å²) in [5.41, 5.74) is 1.82. The van der Waals surface area contributed by atoms with Gasteiger partial charge in [0, 0.05) is 36.2 Å². The molecule has 2 nitrogen and oxygen atoms in total. The second-order valence-electron chi connectivity index (χ2n) is 6.79. The van der Waals surface area contributed by atoms with Gasteiger partial charge in [-0.05, 0) is 37.0 Å². The molecule has 1 aliphatic carbocycles. The van der Waals surface area contributed by atoms with Crippen LogP contribution in [0, 0.1) is 5.82 Å². The van der Waals surface area contributed by atoms with Crippen LogP contribution in [0.2, 0.25) is 0 Å². The zero-order chi connectivity index (χ0) is 14.9. The van der Waals surface area contributed by atoms with Gasteiger partial charge in [-0.25, -0.2) is 4.39 Å². The summed E-state index contributed by atoms with van der Waals surface area (Å²) in [6.07, 6.45) is 3.63. The van der Waals surface area contributed by atoms with Crippen LogP contribution in [0.4, 0.5) is 10.1 Å². The van der Waals surface area contributed by atoms with Crippen LogP contribution in [0.1, 0.15) is 38.7 Å². The highest BCUT2D eigenvalue weighted by molar-refractivity contribution is 8.00. The number of anilines is 1. The minimum Gasteiger partial charge on any atom is -0.368 e. The van der Waals surface area contributed by atoms with Crippen LogP contribution >= 0.6 is 11.8 Å². The summed E-state index contributed by atoms with van der Waals surface area (Å²) in [6, 6.07) is 6.39. The van der Waals surface area contributed by atoms with Crippen molar-refractivity contribution in [3.63, 3.8) is 0 Å². The smallest absolute Gasteiger partial charge is 0.146 e. The van der Waals surface area contributed by atoms with Crippen molar-refractivity contribution in [3.05, 3.63) is 29.6 Å². The van der Waals surface area contributed by atoms with Crippen LogP contribution in [-0.4, -0.2) is 29.6 Å². The van der Waals surface area contributed by atoms with Crippen molar-refractivity contribution in [2.45, 2.75) is 50.4 Å². The van der Waals surface area contributed by atoms with Gasteiger partial charge < -0.3 is 10.2 Å². The molecule has 0 unspecified atom stereocenters. The maximum atomic E-state index is 14.4. The van der Waals surface area contributed by atoms with Crippen molar-refractivity contribution in [1.82, 2.24) is 5.32 Å². The molecule has 1 N–H and O–H groups in total. The lowest BCUT2D eigenvalue weighted by atomic mass is 10.1. The Bertz CT molecular complexity index is 500. The molecule has 1 aromatic rings. The maximum absolute atomic E-state index is 14.4. The number of halogens is 1. The van der Waals surface area contributed by atoms with Crippen molar-refractivity contribution in [3.8, 4) is 0 Å². The Hall–Kier alpha value is -0.740. The fraction of sp³-hybridized carbons (Fsp3) is 0.647. The molecule has 0 spiro atoms. The van der Waals surface area contributed by atoms with E-state index < -0.39 is 0 Å². The Morgan fingerprint density at radius 2 is 2.14 bits per heavy atom. The molecule has 1 saturated carbocycles. The van der Waals surface area contributed by atoms with Gasteiger partial charge in [-0.3, -0.25) is 0 Å². The lowest BCUT2D eigenvalue weighted by molar-refractivity contribution is 0.598. The van der Waals surface area contributed by atoms with Crippen molar-refractivity contribution >= 4 is 17.4 Å². The average molecular weight is 308 g/mol. The van der Waals surface area contributed by atoms with Gasteiger partial charge in [0.05, 0.1) is 5.69 Å². The van der Waals surface area contributed by atoms with Crippen LogP contribution < -0.4 is 10.2 Å². The molecule has 1 heterocycles. The molecule has 0 radical (unpaired) electrons. The van der Waals surface area contributed by atoms with E-state index in [2.05, 4.69) is 30.1 Å². The third-order valence-corrected chi connectivity index (χ3v) is 5.74. The molecule has 21 heavy (non-hydrogen) atoms. The summed E-state index contributed by atoms with van der Waals surface area (Å²) in [7, 11) is 0. The number of benzene rings is 1. The van der Waals surface area contributed by atoms with Gasteiger partial charge in [0.25, 0.3) is 0 Å². The molecule has 2 aliphatic rings. The van der Waals surface area contributed by atoms with Gasteiger partial charge in [-0.15, -0.1) is 0 Å². The van der Waals surface area contributed by atoms with E-state index in [1.165, 1.54) is 12.8 Å². The van der Waals surface area contributed by atoms with Crippen LogP contribution in [0.15, 0.2) is 18.2 Å². The quantitative estimate of drug-likeness (QED) is 0.911. The molecular formula is C17H25FN2S. The SMILES string of the molecule is CC1(C)CCN(c2ccc(CNC3CC3)cc2F)CCS1. The highest BCUT2D eigenvalue weighted by Crippen LogP contribution is 2.33. The van der Waals surface area contributed by atoms with Gasteiger partial charge in [0.1, 0.15) is 5.82 Å². The minimum atomic E-state index is -0.0743. The first-order valence-corrected chi connectivity index (χ1v) is 8.93. The molecule has 1 aliphatic heterocycles. The summed E-state index contributed by atoms with van der Waals surface area (Å²) < 4.78 is 14.7. The Labute approximate surface area is 131 Å². The predicted molar refractivity (Wildman–Crippen MR) is 89.6 cm³/mol. The molecule has 0 bridgehead atoms. The summed E-state index contributed by atoms with van der Waals surface area (Å²) in [5.74, 6) is 0.993. The summed E-state index contributed by atoms with van der Waals surface area (Å²) >= 11 is 1.99. The second-order valence-corrected chi connectivity index (χ2v) is 8.59. The van der Waals surface area contributed by atoms with E-state index in [-0.39, 0.29) is 5.82 Å². The second kappa shape index (κ2) is 6.17. The number of hydrogen-bond donors (Lipinski definition) is 1. The number of thioether (sulfide) groups is 1. The Morgan fingerprint density at radius 3 is 2.86 bits per heavy atom. The molecule has 0 amide bonds. The molecule has 2 fully saturated rings. The number of nitrogens with one attached hydrogen (secondary N) is 1. The highest BCUT2D eigenvalue weighted by Gasteiger charge is 2.25. The van der Waals surface area contributed by atoms with E-state index >= 15 is 0 Å². The lowest BCUT2D eigenvalue weighted by Crippen LogP contribution is -2.27. The molecule has 1 saturated heterocycles. The first-order chi connectivity index (χ1) is 10.0. The molecular weight excluding hydrogens is 283 g/mol. The van der Waals surface area contributed by atoms with E-state index in [4.69, 9.17) is 0 Å². The van der Waals surface area contributed by atoms with Crippen molar-refractivity contribution in [2.24, 2.45) is 0 Å². The van der Waals surface area contributed by atoms with Crippen molar-refractivity contribution < 1.29 is 4.39 Å². The van der Waals surface area contributed by atoms with Gasteiger partial charge >= 0.3 is 0 Å². The molecule has 116 valence electrons. The third-order valence-electron chi connectivity index (χ3n) is 4.36. The highest BCUT2D eigenvalue weighted by atomic mass is 32.2. The van der Waals surface area contributed by atoms with Crippen LogP contribution in [0.3, 0.4) is 0 Å². The van der Waals surface area contributed by atoms with E-state index in [1.807, 2.05) is 17.8 Å². The molecule has 3 rings (SSSR count). The molecule has 0 aromatic heterocycles. The first-order valence-electron chi connectivity index (χ1n) is 7.94. The third kappa shape index (κ3) is 4.13. The number of rotatable bonds is 4. The van der Waals surface area contributed by atoms with Crippen molar-refractivity contribution in [2.75, 3.05) is 23.7 Å². The van der Waals surface area contributed by atoms with Gasteiger partial charge in [-0.1, -0.05) is 19.9 Å². The number of nitrogens with zero attached hydrogens (tertiary/aromatic N) is 1. The van der Waals surface area contributed by atoms with Crippen LogP contribution in [0.5, 0.6) is 0 Å². The van der Waals surface area contributed by atoms with Crippen LogP contribution in [-0.2, 0) is 6.54 Å². The fourth-order valence-corrected chi connectivity index (χ4v) is 3.83. The summed E-state index contributed by atoms with van der Waals surface area (Å²) in [5, 5.41) is 3.44. The van der Waals surface area contributed by atoms with Gasteiger partial charge in [-0.2, -0.15) is 11.8 Å². The summed E-state index contributed by atoms with van der Waals surface area (Å²) in [6.45, 7) is 7.22. The normalized spacial score (nSPS) is 22.1. The Kier molecular flexibility index (Phi) is 4.46. The molecule has 4 heteroatoms. The zero-order valence-corrected chi connectivity index (χ0v) is 13.8. The minimum absolute atomic E-state index is 0.0743. The fourth-order valence-electron chi connectivity index (χ4n) is 2.73. The largest absolute Gasteiger partial charge is 0.368 e. The van der Waals surface area contributed by atoms with Crippen LogP contribution in [0.25, 0.3) is 0 Å². The maximum Gasteiger partial charge on any atom is 0.146 e. The molecule has 0 atom stereocenters. The van der Waals surface area contributed by atoms with Gasteiger partial charge in [0.15, 0.2) is 0 Å². The monoisotopic (exact) mass is 308 g/mol. The first kappa shape index (κ1) is 15.2. The van der Waals surface area contributed by atoms with E-state index in [0.717, 1.165) is 43.1 Å². The van der Waals surface area contributed by atoms with Crippen molar-refractivity contribution in [1.29, 1.82) is 0 Å². The van der Waals surface area contributed by atoms with E-state index in [0.29, 0.717) is 10.8 Å². The number of hydrogen-bond acceptors (Lipinski definition) is 3. The molecule has 1 aromatic carbocycles. The zero-order valence-electron chi connectivity index (χ0n) is 13.0.